The summed E-state index contributed by atoms with van der Waals surface area (Å²) in [5.74, 6) is -2.20. The van der Waals surface area contributed by atoms with Crippen LogP contribution in [0.3, 0.4) is 0 Å². The lowest BCUT2D eigenvalue weighted by Gasteiger charge is -2.20. The van der Waals surface area contributed by atoms with Crippen LogP contribution in [0.2, 0.25) is 0 Å². The Labute approximate surface area is 167 Å². The van der Waals surface area contributed by atoms with E-state index in [1.54, 1.807) is 26.0 Å². The number of fused-ring (bicyclic) bond motifs is 1. The molecule has 2 atom stereocenters. The summed E-state index contributed by atoms with van der Waals surface area (Å²) < 4.78 is 10.5. The van der Waals surface area contributed by atoms with E-state index in [1.165, 1.54) is 12.1 Å². The van der Waals surface area contributed by atoms with Gasteiger partial charge in [0.1, 0.15) is 17.4 Å². The van der Waals surface area contributed by atoms with Gasteiger partial charge in [-0.3, -0.25) is 9.59 Å². The average molecular weight is 404 g/mol. The van der Waals surface area contributed by atoms with E-state index < -0.39 is 29.5 Å². The van der Waals surface area contributed by atoms with Crippen molar-refractivity contribution in [1.82, 2.24) is 10.6 Å². The number of hydrogen-bond donors (Lipinski definition) is 3. The molecule has 0 bridgehead atoms. The van der Waals surface area contributed by atoms with Crippen molar-refractivity contribution in [2.24, 2.45) is 5.92 Å². The van der Waals surface area contributed by atoms with Gasteiger partial charge < -0.3 is 24.9 Å². The normalized spacial score (nSPS) is 12.8. The van der Waals surface area contributed by atoms with E-state index in [2.05, 4.69) is 10.6 Å². The molecule has 0 radical (unpaired) electrons. The standard InChI is InChI=1S/C20H24N2O7/c1-4-11(2)19(20(26)27)22-16(23)9-21-17(24)10-28-13-5-6-14-12(3)7-18(25)29-15(14)8-13/h5-8,11,19H,4,9-10H2,1-3H3,(H,21,24)(H,22,23)(H,26,27)/t11-,19-/m0/s1. The summed E-state index contributed by atoms with van der Waals surface area (Å²) in [6.07, 6.45) is 0.586. The number of aliphatic carboxylic acids is 1. The molecule has 0 fully saturated rings. The first kappa shape index (κ1) is 21.9. The number of carboxylic acid groups (broad SMARTS) is 1. The van der Waals surface area contributed by atoms with E-state index in [0.29, 0.717) is 17.8 Å². The number of nitrogens with one attached hydrogen (secondary N) is 2. The molecule has 9 heteroatoms. The number of ether oxygens (including phenoxy) is 1. The highest BCUT2D eigenvalue weighted by molar-refractivity contribution is 5.88. The zero-order valence-corrected chi connectivity index (χ0v) is 16.5. The van der Waals surface area contributed by atoms with E-state index in [-0.39, 0.29) is 19.1 Å². The first-order valence-electron chi connectivity index (χ1n) is 9.17. The summed E-state index contributed by atoms with van der Waals surface area (Å²) in [6, 6.07) is 5.23. The Hall–Kier alpha value is -3.36. The van der Waals surface area contributed by atoms with Crippen LogP contribution in [-0.4, -0.2) is 42.1 Å². The number of carbonyl (C=O) groups is 3. The molecule has 156 valence electrons. The summed E-state index contributed by atoms with van der Waals surface area (Å²) in [5, 5.41) is 14.7. The molecule has 0 aliphatic rings. The lowest BCUT2D eigenvalue weighted by molar-refractivity contribution is -0.143. The van der Waals surface area contributed by atoms with E-state index >= 15 is 0 Å². The van der Waals surface area contributed by atoms with Crippen LogP contribution >= 0.6 is 0 Å². The third-order valence-electron chi connectivity index (χ3n) is 4.53. The third-order valence-corrected chi connectivity index (χ3v) is 4.53. The molecule has 0 aliphatic carbocycles. The highest BCUT2D eigenvalue weighted by atomic mass is 16.5. The monoisotopic (exact) mass is 404 g/mol. The van der Waals surface area contributed by atoms with Gasteiger partial charge in [-0.1, -0.05) is 20.3 Å². The van der Waals surface area contributed by atoms with Crippen molar-refractivity contribution in [2.75, 3.05) is 13.2 Å². The molecule has 0 unspecified atom stereocenters. The van der Waals surface area contributed by atoms with Crippen LogP contribution in [0.4, 0.5) is 0 Å². The van der Waals surface area contributed by atoms with Gasteiger partial charge in [-0.05, 0) is 30.5 Å². The minimum atomic E-state index is -1.12. The molecule has 9 nitrogen and oxygen atoms in total. The van der Waals surface area contributed by atoms with E-state index in [9.17, 15) is 24.3 Å². The molecule has 1 aromatic carbocycles. The van der Waals surface area contributed by atoms with Crippen LogP contribution in [-0.2, 0) is 14.4 Å². The topological polar surface area (TPSA) is 135 Å². The molecule has 0 spiro atoms. The van der Waals surface area contributed by atoms with E-state index in [4.69, 9.17) is 9.15 Å². The molecule has 1 aromatic heterocycles. The molecule has 29 heavy (non-hydrogen) atoms. The lowest BCUT2D eigenvalue weighted by Crippen LogP contribution is -2.48. The predicted molar refractivity (Wildman–Crippen MR) is 105 cm³/mol. The van der Waals surface area contributed by atoms with Crippen molar-refractivity contribution >= 4 is 28.8 Å². The highest BCUT2D eigenvalue weighted by Gasteiger charge is 2.25. The summed E-state index contributed by atoms with van der Waals surface area (Å²) in [4.78, 5) is 46.5. The third kappa shape index (κ3) is 6.06. The Morgan fingerprint density at radius 3 is 2.59 bits per heavy atom. The van der Waals surface area contributed by atoms with Gasteiger partial charge in [0.2, 0.25) is 5.91 Å². The van der Waals surface area contributed by atoms with Crippen molar-refractivity contribution in [1.29, 1.82) is 0 Å². The minimum Gasteiger partial charge on any atom is -0.484 e. The number of amides is 2. The summed E-state index contributed by atoms with van der Waals surface area (Å²) in [5.41, 5.74) is 0.633. The second-order valence-electron chi connectivity index (χ2n) is 6.74. The van der Waals surface area contributed by atoms with E-state index in [0.717, 1.165) is 10.9 Å². The lowest BCUT2D eigenvalue weighted by atomic mass is 9.99. The SMILES string of the molecule is CC[C@H](C)[C@H](NC(=O)CNC(=O)COc1ccc2c(C)cc(=O)oc2c1)C(=O)O. The van der Waals surface area contributed by atoms with Gasteiger partial charge in [0.15, 0.2) is 6.61 Å². The molecule has 0 saturated carbocycles. The molecular formula is C20H24N2O7. The molecular weight excluding hydrogens is 380 g/mol. The van der Waals surface area contributed by atoms with Gasteiger partial charge in [0, 0.05) is 17.5 Å². The van der Waals surface area contributed by atoms with Gasteiger partial charge in [-0.25, -0.2) is 9.59 Å². The van der Waals surface area contributed by atoms with Crippen molar-refractivity contribution in [3.8, 4) is 5.75 Å². The fourth-order valence-corrected chi connectivity index (χ4v) is 2.68. The van der Waals surface area contributed by atoms with Gasteiger partial charge in [0.25, 0.3) is 5.91 Å². The first-order chi connectivity index (χ1) is 13.7. The molecule has 1 heterocycles. The second kappa shape index (κ2) is 9.72. The Kier molecular flexibility index (Phi) is 7.35. The van der Waals surface area contributed by atoms with Crippen molar-refractivity contribution in [3.05, 3.63) is 40.2 Å². The molecule has 2 aromatic rings. The van der Waals surface area contributed by atoms with Crippen molar-refractivity contribution < 1.29 is 28.6 Å². The number of aryl methyl sites for hydroxylation is 1. The highest BCUT2D eigenvalue weighted by Crippen LogP contribution is 2.22. The number of carbonyl (C=O) groups excluding carboxylic acids is 2. The Balaban J connectivity index is 1.87. The van der Waals surface area contributed by atoms with Crippen LogP contribution in [0, 0.1) is 12.8 Å². The molecule has 0 aliphatic heterocycles. The first-order valence-corrected chi connectivity index (χ1v) is 9.17. The second-order valence-corrected chi connectivity index (χ2v) is 6.74. The fourth-order valence-electron chi connectivity index (χ4n) is 2.68. The quantitative estimate of drug-likeness (QED) is 0.535. The summed E-state index contributed by atoms with van der Waals surface area (Å²) >= 11 is 0. The molecule has 2 rings (SSSR count). The van der Waals surface area contributed by atoms with Gasteiger partial charge in [0.05, 0.1) is 6.54 Å². The molecule has 2 amide bonds. The maximum absolute atomic E-state index is 11.9. The number of benzene rings is 1. The largest absolute Gasteiger partial charge is 0.484 e. The number of rotatable bonds is 9. The van der Waals surface area contributed by atoms with Gasteiger partial charge >= 0.3 is 11.6 Å². The van der Waals surface area contributed by atoms with Crippen LogP contribution in [0.15, 0.2) is 33.5 Å². The summed E-state index contributed by atoms with van der Waals surface area (Å²) in [7, 11) is 0. The van der Waals surface area contributed by atoms with E-state index in [1.807, 2.05) is 6.92 Å². The summed E-state index contributed by atoms with van der Waals surface area (Å²) in [6.45, 7) is 4.61. The smallest absolute Gasteiger partial charge is 0.336 e. The molecule has 0 saturated heterocycles. The maximum Gasteiger partial charge on any atom is 0.336 e. The van der Waals surface area contributed by atoms with Gasteiger partial charge in [-0.15, -0.1) is 0 Å². The number of carboxylic acids is 1. The average Bonchev–Trinajstić information content (AvgIpc) is 2.67. The van der Waals surface area contributed by atoms with Crippen LogP contribution in [0.25, 0.3) is 11.0 Å². The molecule has 3 N–H and O–H groups in total. The minimum absolute atomic E-state index is 0.243. The van der Waals surface area contributed by atoms with Crippen LogP contribution < -0.4 is 21.0 Å². The number of hydrogen-bond acceptors (Lipinski definition) is 6. The Morgan fingerprint density at radius 1 is 1.21 bits per heavy atom. The Bertz CT molecular complexity index is 967. The van der Waals surface area contributed by atoms with Crippen molar-refractivity contribution in [3.63, 3.8) is 0 Å². The van der Waals surface area contributed by atoms with Crippen molar-refractivity contribution in [2.45, 2.75) is 33.2 Å². The van der Waals surface area contributed by atoms with Crippen LogP contribution in [0.1, 0.15) is 25.8 Å². The zero-order valence-electron chi connectivity index (χ0n) is 16.5. The Morgan fingerprint density at radius 2 is 1.93 bits per heavy atom. The van der Waals surface area contributed by atoms with Crippen LogP contribution in [0.5, 0.6) is 5.75 Å². The zero-order chi connectivity index (χ0) is 21.6. The maximum atomic E-state index is 11.9. The van der Waals surface area contributed by atoms with Gasteiger partial charge in [-0.2, -0.15) is 0 Å². The predicted octanol–water partition coefficient (Wildman–Crippen LogP) is 1.21. The fraction of sp³-hybridized carbons (Fsp3) is 0.400.